The fourth-order valence-electron chi connectivity index (χ4n) is 4.56. The number of primary amides is 1. The van der Waals surface area contributed by atoms with Crippen molar-refractivity contribution in [3.05, 3.63) is 95.7 Å². The van der Waals surface area contributed by atoms with Gasteiger partial charge in [-0.15, -0.1) is 6.58 Å². The zero-order chi connectivity index (χ0) is 28.3. The van der Waals surface area contributed by atoms with Crippen molar-refractivity contribution in [2.24, 2.45) is 10.7 Å². The maximum Gasteiger partial charge on any atom is 0.248 e. The number of benzene rings is 2. The third kappa shape index (κ3) is 8.46. The number of carbonyl (C=O) groups is 1. The van der Waals surface area contributed by atoms with E-state index < -0.39 is 5.91 Å². The second kappa shape index (κ2) is 14.3. The lowest BCUT2D eigenvalue weighted by molar-refractivity contribution is 0.1000. The molecule has 3 aromatic rings. The Labute approximate surface area is 237 Å². The number of amidine groups is 1. The molecule has 40 heavy (non-hydrogen) atoms. The molecule has 2 heterocycles. The highest BCUT2D eigenvalue weighted by atomic mass is 16.1. The molecule has 2 aromatic carbocycles. The zero-order valence-corrected chi connectivity index (χ0v) is 23.5. The Morgan fingerprint density at radius 1 is 1.10 bits per heavy atom. The highest BCUT2D eigenvalue weighted by Crippen LogP contribution is 2.21. The average Bonchev–Trinajstić information content (AvgIpc) is 3.41. The number of amides is 1. The molecule has 1 saturated heterocycles. The molecular formula is C31H40N8O. The van der Waals surface area contributed by atoms with Crippen LogP contribution < -0.4 is 21.5 Å². The Morgan fingerprint density at radius 2 is 1.88 bits per heavy atom. The third-order valence-corrected chi connectivity index (χ3v) is 6.91. The van der Waals surface area contributed by atoms with Crippen LogP contribution in [-0.4, -0.2) is 59.3 Å². The van der Waals surface area contributed by atoms with Crippen LogP contribution in [-0.2, 0) is 13.0 Å². The normalized spacial score (nSPS) is 15.8. The molecule has 210 valence electrons. The van der Waals surface area contributed by atoms with Crippen LogP contribution in [0.3, 0.4) is 0 Å². The van der Waals surface area contributed by atoms with Crippen LogP contribution in [0.4, 0.5) is 11.8 Å². The lowest BCUT2D eigenvalue weighted by Crippen LogP contribution is -2.35. The number of aromatic nitrogens is 2. The second-order valence-electron chi connectivity index (χ2n) is 10.2. The maximum atomic E-state index is 11.4. The minimum atomic E-state index is -0.415. The molecule has 1 aliphatic heterocycles. The first kappa shape index (κ1) is 28.9. The number of likely N-dealkylation sites (N-methyl/N-ethyl adjacent to an activating group) is 1. The standard InChI is InChI=1S/C31H40N8O/c1-4-6-16-39(18-17-38(3)22-24-12-14-25(15-13-24)30(32)40)31-33-27(19-23-10-8-7-9-11-23)21-28(35-31)34-29-20-26(5-2)36-37-29/h4,7-15,21,26,36H,1,5-6,16-20,22H2,2-3H3,(H2,32,40)(H,33,34,35,37). The Morgan fingerprint density at radius 3 is 2.55 bits per heavy atom. The van der Waals surface area contributed by atoms with Crippen molar-refractivity contribution < 1.29 is 4.79 Å². The number of hydrogen-bond acceptors (Lipinski definition) is 7. The number of carbonyl (C=O) groups excluding carboxylic acids is 1. The Bertz CT molecular complexity index is 1290. The van der Waals surface area contributed by atoms with Gasteiger partial charge in [-0.1, -0.05) is 55.5 Å². The van der Waals surface area contributed by atoms with E-state index in [1.165, 1.54) is 5.56 Å². The fraction of sp³-hybridized carbons (Fsp3) is 0.355. The van der Waals surface area contributed by atoms with Gasteiger partial charge in [-0.05, 0) is 43.1 Å². The number of anilines is 1. The Balaban J connectivity index is 1.53. The summed E-state index contributed by atoms with van der Waals surface area (Å²) < 4.78 is 0. The molecule has 1 atom stereocenters. The van der Waals surface area contributed by atoms with Gasteiger partial charge in [0.2, 0.25) is 11.9 Å². The van der Waals surface area contributed by atoms with Crippen LogP contribution in [0.1, 0.15) is 53.4 Å². The summed E-state index contributed by atoms with van der Waals surface area (Å²) in [4.78, 5) is 30.6. The van der Waals surface area contributed by atoms with Gasteiger partial charge < -0.3 is 21.0 Å². The lowest BCUT2D eigenvalue weighted by Gasteiger charge is -2.26. The van der Waals surface area contributed by atoms with Gasteiger partial charge in [-0.2, -0.15) is 4.98 Å². The van der Waals surface area contributed by atoms with Crippen LogP contribution in [0.2, 0.25) is 0 Å². The van der Waals surface area contributed by atoms with E-state index in [1.54, 1.807) is 12.1 Å². The largest absolute Gasteiger partial charge is 0.366 e. The van der Waals surface area contributed by atoms with Crippen LogP contribution in [0, 0.1) is 0 Å². The smallest absolute Gasteiger partial charge is 0.248 e. The molecular weight excluding hydrogens is 500 g/mol. The van der Waals surface area contributed by atoms with Gasteiger partial charge in [0, 0.05) is 56.7 Å². The van der Waals surface area contributed by atoms with Crippen LogP contribution >= 0.6 is 0 Å². The summed E-state index contributed by atoms with van der Waals surface area (Å²) in [5, 5.41) is 0. The van der Waals surface area contributed by atoms with Crippen LogP contribution in [0.25, 0.3) is 0 Å². The quantitative estimate of drug-likeness (QED) is 0.265. The molecule has 1 aromatic heterocycles. The van der Waals surface area contributed by atoms with Gasteiger partial charge in [-0.3, -0.25) is 4.79 Å². The molecule has 1 aliphatic rings. The van der Waals surface area contributed by atoms with Crippen molar-refractivity contribution in [3.8, 4) is 0 Å². The zero-order valence-electron chi connectivity index (χ0n) is 23.5. The van der Waals surface area contributed by atoms with Gasteiger partial charge in [0.15, 0.2) is 5.82 Å². The van der Waals surface area contributed by atoms with E-state index in [2.05, 4.69) is 53.3 Å². The Kier molecular flexibility index (Phi) is 10.4. The first-order chi connectivity index (χ1) is 19.4. The number of nitrogens with one attached hydrogen (secondary N) is 2. The summed E-state index contributed by atoms with van der Waals surface area (Å²) in [5.41, 5.74) is 15.6. The van der Waals surface area contributed by atoms with Gasteiger partial charge in [0.05, 0.1) is 5.69 Å². The molecule has 0 bridgehead atoms. The summed E-state index contributed by atoms with van der Waals surface area (Å²) in [5.74, 6) is 1.80. The molecule has 0 aliphatic carbocycles. The highest BCUT2D eigenvalue weighted by molar-refractivity contribution is 5.92. The molecule has 0 radical (unpaired) electrons. The highest BCUT2D eigenvalue weighted by Gasteiger charge is 2.19. The molecule has 9 heteroatoms. The van der Waals surface area contributed by atoms with Crippen LogP contribution in [0.15, 0.2) is 78.3 Å². The van der Waals surface area contributed by atoms with E-state index in [0.29, 0.717) is 29.8 Å². The van der Waals surface area contributed by atoms with E-state index in [-0.39, 0.29) is 0 Å². The molecule has 9 nitrogen and oxygen atoms in total. The summed E-state index contributed by atoms with van der Waals surface area (Å²) in [6.45, 7) is 9.13. The SMILES string of the molecule is C=CCCN(CCN(C)Cc1ccc(C(N)=O)cc1)c1nc(Cc2ccccc2)cc(N=C2CC(CC)NN2)n1. The van der Waals surface area contributed by atoms with Gasteiger partial charge in [-0.25, -0.2) is 15.4 Å². The number of nitrogens with two attached hydrogens (primary N) is 1. The Hall–Kier alpha value is -4.08. The first-order valence-electron chi connectivity index (χ1n) is 13.9. The molecule has 0 spiro atoms. The van der Waals surface area contributed by atoms with Gasteiger partial charge in [0.25, 0.3) is 0 Å². The van der Waals surface area contributed by atoms with E-state index >= 15 is 0 Å². The predicted octanol–water partition coefficient (Wildman–Crippen LogP) is 3.99. The summed E-state index contributed by atoms with van der Waals surface area (Å²) in [7, 11) is 2.08. The summed E-state index contributed by atoms with van der Waals surface area (Å²) in [6, 6.07) is 20.1. The maximum absolute atomic E-state index is 11.4. The minimum Gasteiger partial charge on any atom is -0.366 e. The summed E-state index contributed by atoms with van der Waals surface area (Å²) in [6.07, 6.45) is 5.31. The van der Waals surface area contributed by atoms with Gasteiger partial charge >= 0.3 is 0 Å². The van der Waals surface area contributed by atoms with E-state index in [4.69, 9.17) is 20.7 Å². The number of nitrogens with zero attached hydrogens (tertiary/aromatic N) is 5. The van der Waals surface area contributed by atoms with Crippen LogP contribution in [0.5, 0.6) is 0 Å². The predicted molar refractivity (Wildman–Crippen MR) is 162 cm³/mol. The molecule has 1 fully saturated rings. The number of hydrazine groups is 1. The van der Waals surface area contributed by atoms with E-state index in [0.717, 1.165) is 62.5 Å². The summed E-state index contributed by atoms with van der Waals surface area (Å²) >= 11 is 0. The fourth-order valence-corrected chi connectivity index (χ4v) is 4.56. The van der Waals surface area contributed by atoms with Crippen molar-refractivity contribution in [2.75, 3.05) is 31.6 Å². The van der Waals surface area contributed by atoms with Crippen molar-refractivity contribution in [1.29, 1.82) is 0 Å². The molecule has 4 rings (SSSR count). The molecule has 1 unspecified atom stereocenters. The van der Waals surface area contributed by atoms with Crippen molar-refractivity contribution in [2.45, 2.75) is 45.2 Å². The monoisotopic (exact) mass is 540 g/mol. The van der Waals surface area contributed by atoms with E-state index in [9.17, 15) is 4.79 Å². The lowest BCUT2D eigenvalue weighted by atomic mass is 10.1. The first-order valence-corrected chi connectivity index (χ1v) is 13.9. The van der Waals surface area contributed by atoms with E-state index in [1.807, 2.05) is 42.5 Å². The number of hydrogen-bond donors (Lipinski definition) is 3. The topological polar surface area (TPSA) is 112 Å². The second-order valence-corrected chi connectivity index (χ2v) is 10.2. The van der Waals surface area contributed by atoms with Crippen molar-refractivity contribution >= 4 is 23.5 Å². The van der Waals surface area contributed by atoms with Crippen molar-refractivity contribution in [1.82, 2.24) is 25.7 Å². The number of rotatable bonds is 14. The molecule has 1 amide bonds. The molecule has 0 saturated carbocycles. The van der Waals surface area contributed by atoms with Crippen molar-refractivity contribution in [3.63, 3.8) is 0 Å². The third-order valence-electron chi connectivity index (χ3n) is 6.91. The molecule has 4 N–H and O–H groups in total. The number of aliphatic imine (C=N–C) groups is 1. The average molecular weight is 541 g/mol. The van der Waals surface area contributed by atoms with Gasteiger partial charge in [0.1, 0.15) is 5.84 Å². The minimum absolute atomic E-state index is 0.371.